The van der Waals surface area contributed by atoms with E-state index in [1.165, 1.54) is 6.33 Å². The van der Waals surface area contributed by atoms with Gasteiger partial charge in [-0.15, -0.1) is 11.3 Å². The van der Waals surface area contributed by atoms with E-state index in [2.05, 4.69) is 48.1 Å². The van der Waals surface area contributed by atoms with E-state index in [0.717, 1.165) is 22.9 Å². The fraction of sp³-hybridized carbons (Fsp3) is 0.647. The maximum atomic E-state index is 12.6. The summed E-state index contributed by atoms with van der Waals surface area (Å²) in [5, 5.41) is 10.3. The Morgan fingerprint density at radius 2 is 2.08 bits per heavy atom. The number of aryl methyl sites for hydroxylation is 1. The summed E-state index contributed by atoms with van der Waals surface area (Å²) >= 11 is 1.64. The van der Waals surface area contributed by atoms with Crippen LogP contribution in [0.25, 0.3) is 0 Å². The molecule has 1 atom stereocenters. The van der Waals surface area contributed by atoms with Gasteiger partial charge in [-0.1, -0.05) is 27.7 Å². The van der Waals surface area contributed by atoms with Crippen molar-refractivity contribution in [2.24, 2.45) is 13.0 Å². The molecule has 7 nitrogen and oxygen atoms in total. The van der Waals surface area contributed by atoms with Crippen molar-refractivity contribution in [3.63, 3.8) is 0 Å². The predicted molar refractivity (Wildman–Crippen MR) is 99.4 cm³/mol. The standard InChI is InChI=1S/C17H28N6OS/c1-11(2)7-14(15-18-10-19-23(15)6)21-17(24)22(5)8-13-9-25-16(20-13)12(3)4/h9-12,14H,7-8H2,1-6H3,(H,21,24)/t14-/m0/s1. The molecule has 0 aliphatic carbocycles. The van der Waals surface area contributed by atoms with Crippen LogP contribution in [0.3, 0.4) is 0 Å². The zero-order chi connectivity index (χ0) is 18.6. The Morgan fingerprint density at radius 1 is 1.36 bits per heavy atom. The van der Waals surface area contributed by atoms with Gasteiger partial charge in [0.15, 0.2) is 0 Å². The van der Waals surface area contributed by atoms with Gasteiger partial charge in [-0.2, -0.15) is 5.10 Å². The molecule has 0 aliphatic rings. The molecule has 0 aliphatic heterocycles. The summed E-state index contributed by atoms with van der Waals surface area (Å²) in [4.78, 5) is 23.2. The second-order valence-corrected chi connectivity index (χ2v) is 7.95. The molecule has 2 aromatic rings. The molecule has 0 spiro atoms. The van der Waals surface area contributed by atoms with Crippen LogP contribution in [-0.2, 0) is 13.6 Å². The highest BCUT2D eigenvalue weighted by Crippen LogP contribution is 2.21. The van der Waals surface area contributed by atoms with Crippen molar-refractivity contribution in [3.05, 3.63) is 28.2 Å². The lowest BCUT2D eigenvalue weighted by molar-refractivity contribution is 0.199. The van der Waals surface area contributed by atoms with Crippen LogP contribution >= 0.6 is 11.3 Å². The van der Waals surface area contributed by atoms with E-state index in [4.69, 9.17) is 0 Å². The van der Waals surface area contributed by atoms with Gasteiger partial charge in [0.25, 0.3) is 0 Å². The monoisotopic (exact) mass is 364 g/mol. The molecule has 25 heavy (non-hydrogen) atoms. The highest BCUT2D eigenvalue weighted by Gasteiger charge is 2.22. The molecule has 2 heterocycles. The van der Waals surface area contributed by atoms with Gasteiger partial charge < -0.3 is 10.2 Å². The summed E-state index contributed by atoms with van der Waals surface area (Å²) < 4.78 is 1.71. The minimum absolute atomic E-state index is 0.132. The Labute approximate surface area is 153 Å². The third-order valence-electron chi connectivity index (χ3n) is 3.87. The van der Waals surface area contributed by atoms with Gasteiger partial charge in [-0.05, 0) is 12.3 Å². The van der Waals surface area contributed by atoms with E-state index in [1.807, 2.05) is 12.4 Å². The van der Waals surface area contributed by atoms with Gasteiger partial charge in [-0.3, -0.25) is 4.68 Å². The number of carbonyl (C=O) groups is 1. The molecule has 0 saturated heterocycles. The van der Waals surface area contributed by atoms with Gasteiger partial charge in [0.05, 0.1) is 23.3 Å². The summed E-state index contributed by atoms with van der Waals surface area (Å²) in [6.45, 7) is 8.99. The summed E-state index contributed by atoms with van der Waals surface area (Å²) in [6.07, 6.45) is 2.32. The predicted octanol–water partition coefficient (Wildman–Crippen LogP) is 3.32. The van der Waals surface area contributed by atoms with Crippen LogP contribution in [0.15, 0.2) is 11.7 Å². The van der Waals surface area contributed by atoms with Crippen LogP contribution in [0.2, 0.25) is 0 Å². The third kappa shape index (κ3) is 5.26. The molecule has 0 fully saturated rings. The minimum atomic E-state index is -0.163. The lowest BCUT2D eigenvalue weighted by atomic mass is 10.0. The van der Waals surface area contributed by atoms with E-state index in [1.54, 1.807) is 28.0 Å². The summed E-state index contributed by atoms with van der Waals surface area (Å²) in [5.41, 5.74) is 0.922. The Bertz CT molecular complexity index is 693. The summed E-state index contributed by atoms with van der Waals surface area (Å²) in [5.74, 6) is 1.61. The molecular formula is C17H28N6OS. The Hall–Kier alpha value is -1.96. The number of hydrogen-bond acceptors (Lipinski definition) is 5. The van der Waals surface area contributed by atoms with Gasteiger partial charge >= 0.3 is 6.03 Å². The number of thiazole rings is 1. The molecular weight excluding hydrogens is 336 g/mol. The highest BCUT2D eigenvalue weighted by atomic mass is 32.1. The molecule has 0 aromatic carbocycles. The zero-order valence-electron chi connectivity index (χ0n) is 15.9. The second kappa shape index (κ2) is 8.42. The first-order valence-corrected chi connectivity index (χ1v) is 9.45. The van der Waals surface area contributed by atoms with Crippen molar-refractivity contribution in [2.45, 2.75) is 52.6 Å². The SMILES string of the molecule is CC(C)C[C@H](NC(=O)N(C)Cc1csc(C(C)C)n1)c1ncnn1C. The molecule has 0 saturated carbocycles. The number of amides is 2. The molecule has 0 bridgehead atoms. The van der Waals surface area contributed by atoms with Gasteiger partial charge in [0, 0.05) is 25.4 Å². The fourth-order valence-electron chi connectivity index (χ4n) is 2.56. The van der Waals surface area contributed by atoms with Crippen molar-refractivity contribution < 1.29 is 4.79 Å². The number of carbonyl (C=O) groups excluding carboxylic acids is 1. The molecule has 2 aromatic heterocycles. The number of rotatable bonds is 7. The number of hydrogen-bond donors (Lipinski definition) is 1. The number of aromatic nitrogens is 4. The smallest absolute Gasteiger partial charge is 0.318 e. The van der Waals surface area contributed by atoms with Crippen LogP contribution in [0, 0.1) is 5.92 Å². The maximum absolute atomic E-state index is 12.6. The largest absolute Gasteiger partial charge is 0.328 e. The van der Waals surface area contributed by atoms with Crippen LogP contribution in [0.1, 0.15) is 62.6 Å². The summed E-state index contributed by atoms with van der Waals surface area (Å²) in [7, 11) is 3.63. The van der Waals surface area contributed by atoms with Gasteiger partial charge in [0.1, 0.15) is 12.2 Å². The maximum Gasteiger partial charge on any atom is 0.318 e. The molecule has 2 rings (SSSR count). The lowest BCUT2D eigenvalue weighted by Gasteiger charge is -2.24. The molecule has 8 heteroatoms. The first kappa shape index (κ1) is 19.4. The molecule has 0 radical (unpaired) electrons. The van der Waals surface area contributed by atoms with Crippen LogP contribution < -0.4 is 5.32 Å². The lowest BCUT2D eigenvalue weighted by Crippen LogP contribution is -2.40. The second-order valence-electron chi connectivity index (χ2n) is 7.06. The van der Waals surface area contributed by atoms with Crippen molar-refractivity contribution in [3.8, 4) is 0 Å². The van der Waals surface area contributed by atoms with Crippen molar-refractivity contribution in [1.82, 2.24) is 30.0 Å². The van der Waals surface area contributed by atoms with Crippen molar-refractivity contribution in [1.29, 1.82) is 0 Å². The number of nitrogens with zero attached hydrogens (tertiary/aromatic N) is 5. The normalized spacial score (nSPS) is 12.6. The summed E-state index contributed by atoms with van der Waals surface area (Å²) in [6, 6.07) is -0.295. The molecule has 1 N–H and O–H groups in total. The number of nitrogens with one attached hydrogen (secondary N) is 1. The van der Waals surface area contributed by atoms with E-state index < -0.39 is 0 Å². The highest BCUT2D eigenvalue weighted by molar-refractivity contribution is 7.09. The Balaban J connectivity index is 2.02. The minimum Gasteiger partial charge on any atom is -0.328 e. The zero-order valence-corrected chi connectivity index (χ0v) is 16.7. The average Bonchev–Trinajstić information content (AvgIpc) is 3.15. The fourth-order valence-corrected chi connectivity index (χ4v) is 3.38. The van der Waals surface area contributed by atoms with Gasteiger partial charge in [-0.25, -0.2) is 14.8 Å². The van der Waals surface area contributed by atoms with E-state index in [-0.39, 0.29) is 12.1 Å². The number of urea groups is 1. The molecule has 2 amide bonds. The Kier molecular flexibility index (Phi) is 6.52. The van der Waals surface area contributed by atoms with Crippen LogP contribution in [-0.4, -0.2) is 37.7 Å². The van der Waals surface area contributed by atoms with Gasteiger partial charge in [0.2, 0.25) is 0 Å². The van der Waals surface area contributed by atoms with Crippen LogP contribution in [0.4, 0.5) is 4.79 Å². The van der Waals surface area contributed by atoms with E-state index in [9.17, 15) is 4.79 Å². The molecule has 138 valence electrons. The third-order valence-corrected chi connectivity index (χ3v) is 5.07. The quantitative estimate of drug-likeness (QED) is 0.818. The molecule has 0 unspecified atom stereocenters. The van der Waals surface area contributed by atoms with Crippen molar-refractivity contribution >= 4 is 17.4 Å². The van der Waals surface area contributed by atoms with E-state index >= 15 is 0 Å². The Morgan fingerprint density at radius 3 is 2.60 bits per heavy atom. The average molecular weight is 365 g/mol. The van der Waals surface area contributed by atoms with E-state index in [0.29, 0.717) is 18.4 Å². The van der Waals surface area contributed by atoms with Crippen molar-refractivity contribution in [2.75, 3.05) is 7.05 Å². The van der Waals surface area contributed by atoms with Crippen LogP contribution in [0.5, 0.6) is 0 Å². The topological polar surface area (TPSA) is 75.9 Å². The first-order valence-electron chi connectivity index (χ1n) is 8.57. The first-order chi connectivity index (χ1) is 11.8.